The summed E-state index contributed by atoms with van der Waals surface area (Å²) in [5.74, 6) is -0.168. The molecular weight excluding hydrogens is 376 g/mol. The molecule has 130 valence electrons. The minimum Gasteiger partial charge on any atom is -0.489 e. The van der Waals surface area contributed by atoms with Gasteiger partial charge in [-0.05, 0) is 32.1 Å². The van der Waals surface area contributed by atoms with Gasteiger partial charge in [0, 0.05) is 22.5 Å². The second-order valence-electron chi connectivity index (χ2n) is 4.53. The van der Waals surface area contributed by atoms with Crippen molar-refractivity contribution in [1.29, 1.82) is 0 Å². The Hall–Kier alpha value is -2.08. The molecule has 0 amide bonds. The zero-order chi connectivity index (χ0) is 17.8. The number of para-hydroxylation sites is 1. The van der Waals surface area contributed by atoms with Crippen LogP contribution in [0.15, 0.2) is 42.0 Å². The van der Waals surface area contributed by atoms with Gasteiger partial charge in [0.15, 0.2) is 0 Å². The quantitative estimate of drug-likeness (QED) is 0.363. The maximum absolute atomic E-state index is 11.9. The van der Waals surface area contributed by atoms with Crippen molar-refractivity contribution in [2.45, 2.75) is 13.8 Å². The highest BCUT2D eigenvalue weighted by Gasteiger charge is 2.10. The van der Waals surface area contributed by atoms with Crippen LogP contribution in [0.25, 0.3) is 6.08 Å². The van der Waals surface area contributed by atoms with Crippen LogP contribution in [0.2, 0.25) is 0 Å². The molecule has 0 saturated carbocycles. The third kappa shape index (κ3) is 7.00. The van der Waals surface area contributed by atoms with Gasteiger partial charge in [-0.15, -0.1) is 0 Å². The first-order valence-electron chi connectivity index (χ1n) is 7.61. The van der Waals surface area contributed by atoms with E-state index in [4.69, 9.17) is 14.2 Å². The Labute approximate surface area is 150 Å². The number of rotatable bonds is 9. The molecule has 0 saturated heterocycles. The Kier molecular flexibility index (Phi) is 9.53. The van der Waals surface area contributed by atoms with Crippen LogP contribution in [-0.4, -0.2) is 37.1 Å². The number of alkyl halides is 1. The fourth-order valence-electron chi connectivity index (χ4n) is 1.77. The van der Waals surface area contributed by atoms with E-state index >= 15 is 0 Å². The second kappa shape index (κ2) is 11.5. The summed E-state index contributed by atoms with van der Waals surface area (Å²) in [6.45, 7) is 4.38. The Bertz CT molecular complexity index is 607. The SMILES string of the molecule is CCOC(=O)/C=C/COc1ccccc1/C=C(\CBr)C(=O)OCC. The summed E-state index contributed by atoms with van der Waals surface area (Å²) in [5, 5.41) is 0.378. The molecule has 0 heterocycles. The molecule has 0 aliphatic heterocycles. The molecule has 0 unspecified atom stereocenters. The Balaban J connectivity index is 2.80. The monoisotopic (exact) mass is 396 g/mol. The summed E-state index contributed by atoms with van der Waals surface area (Å²) in [4.78, 5) is 23.1. The lowest BCUT2D eigenvalue weighted by atomic mass is 10.1. The van der Waals surface area contributed by atoms with Gasteiger partial charge in [-0.25, -0.2) is 9.59 Å². The molecule has 0 bridgehead atoms. The summed E-state index contributed by atoms with van der Waals surface area (Å²) in [6, 6.07) is 7.32. The van der Waals surface area contributed by atoms with Crippen LogP contribution in [-0.2, 0) is 19.1 Å². The molecule has 6 heteroatoms. The fourth-order valence-corrected chi connectivity index (χ4v) is 2.16. The lowest BCUT2D eigenvalue weighted by Crippen LogP contribution is -2.08. The lowest BCUT2D eigenvalue weighted by Gasteiger charge is -2.09. The van der Waals surface area contributed by atoms with Gasteiger partial charge in [0.1, 0.15) is 12.4 Å². The van der Waals surface area contributed by atoms with E-state index in [9.17, 15) is 9.59 Å². The summed E-state index contributed by atoms with van der Waals surface area (Å²) in [5.41, 5.74) is 1.25. The number of hydrogen-bond acceptors (Lipinski definition) is 5. The largest absolute Gasteiger partial charge is 0.489 e. The number of esters is 2. The molecule has 0 aromatic heterocycles. The molecule has 0 radical (unpaired) electrons. The van der Waals surface area contributed by atoms with Gasteiger partial charge in [0.2, 0.25) is 0 Å². The highest BCUT2D eigenvalue weighted by Crippen LogP contribution is 2.22. The summed E-state index contributed by atoms with van der Waals surface area (Å²) >= 11 is 3.29. The van der Waals surface area contributed by atoms with Crippen molar-refractivity contribution in [3.05, 3.63) is 47.6 Å². The van der Waals surface area contributed by atoms with Crippen molar-refractivity contribution >= 4 is 33.9 Å². The van der Waals surface area contributed by atoms with Crippen molar-refractivity contribution < 1.29 is 23.8 Å². The second-order valence-corrected chi connectivity index (χ2v) is 5.09. The van der Waals surface area contributed by atoms with Gasteiger partial charge in [0.25, 0.3) is 0 Å². The lowest BCUT2D eigenvalue weighted by molar-refractivity contribution is -0.138. The van der Waals surface area contributed by atoms with Crippen LogP contribution in [0, 0.1) is 0 Å². The van der Waals surface area contributed by atoms with E-state index in [0.29, 0.717) is 29.9 Å². The summed E-state index contributed by atoms with van der Waals surface area (Å²) in [6.07, 6.45) is 4.62. The van der Waals surface area contributed by atoms with Gasteiger partial charge >= 0.3 is 11.9 Å². The van der Waals surface area contributed by atoms with Crippen molar-refractivity contribution in [3.8, 4) is 5.75 Å². The first-order chi connectivity index (χ1) is 11.6. The predicted molar refractivity (Wildman–Crippen MR) is 96.1 cm³/mol. The van der Waals surface area contributed by atoms with Crippen LogP contribution < -0.4 is 4.74 Å². The predicted octanol–water partition coefficient (Wildman–Crippen LogP) is 3.53. The number of carbonyl (C=O) groups is 2. The highest BCUT2D eigenvalue weighted by atomic mass is 79.9. The molecular formula is C18H21BrO5. The summed E-state index contributed by atoms with van der Waals surface area (Å²) in [7, 11) is 0. The van der Waals surface area contributed by atoms with E-state index in [0.717, 1.165) is 5.56 Å². The number of ether oxygens (including phenoxy) is 3. The third-order valence-electron chi connectivity index (χ3n) is 2.81. The van der Waals surface area contributed by atoms with E-state index in [1.54, 1.807) is 32.1 Å². The normalized spacial score (nSPS) is 11.4. The molecule has 1 aromatic carbocycles. The van der Waals surface area contributed by atoms with Crippen molar-refractivity contribution in [2.24, 2.45) is 0 Å². The van der Waals surface area contributed by atoms with E-state index in [2.05, 4.69) is 15.9 Å². The van der Waals surface area contributed by atoms with Crippen LogP contribution in [0.1, 0.15) is 19.4 Å². The van der Waals surface area contributed by atoms with E-state index in [-0.39, 0.29) is 12.6 Å². The third-order valence-corrected chi connectivity index (χ3v) is 3.41. The summed E-state index contributed by atoms with van der Waals surface area (Å²) < 4.78 is 15.4. The van der Waals surface area contributed by atoms with Gasteiger partial charge in [-0.3, -0.25) is 0 Å². The minimum absolute atomic E-state index is 0.215. The molecule has 0 atom stereocenters. The number of halogens is 1. The van der Waals surface area contributed by atoms with Crippen LogP contribution in [0.5, 0.6) is 5.75 Å². The number of hydrogen-bond donors (Lipinski definition) is 0. The minimum atomic E-state index is -0.404. The van der Waals surface area contributed by atoms with E-state index < -0.39 is 5.97 Å². The first-order valence-corrected chi connectivity index (χ1v) is 8.73. The molecule has 0 aliphatic carbocycles. The molecule has 5 nitrogen and oxygen atoms in total. The standard InChI is InChI=1S/C18H21BrO5/c1-3-22-17(20)10-7-11-24-16-9-6-5-8-14(16)12-15(13-19)18(21)23-4-2/h5-10,12H,3-4,11,13H2,1-2H3/b10-7+,15-12+. The van der Waals surface area contributed by atoms with E-state index in [1.807, 2.05) is 18.2 Å². The topological polar surface area (TPSA) is 61.8 Å². The van der Waals surface area contributed by atoms with Gasteiger partial charge in [-0.1, -0.05) is 34.1 Å². The molecule has 24 heavy (non-hydrogen) atoms. The number of carbonyl (C=O) groups excluding carboxylic acids is 2. The zero-order valence-corrected chi connectivity index (χ0v) is 15.4. The Morgan fingerprint density at radius 1 is 1.12 bits per heavy atom. The Morgan fingerprint density at radius 3 is 2.50 bits per heavy atom. The maximum Gasteiger partial charge on any atom is 0.334 e. The first kappa shape index (κ1) is 20.0. The smallest absolute Gasteiger partial charge is 0.334 e. The maximum atomic E-state index is 11.9. The molecule has 1 aromatic rings. The van der Waals surface area contributed by atoms with Gasteiger partial charge in [-0.2, -0.15) is 0 Å². The van der Waals surface area contributed by atoms with Crippen molar-refractivity contribution in [2.75, 3.05) is 25.2 Å². The molecule has 0 aliphatic rings. The van der Waals surface area contributed by atoms with Crippen molar-refractivity contribution in [3.63, 3.8) is 0 Å². The van der Waals surface area contributed by atoms with Crippen LogP contribution >= 0.6 is 15.9 Å². The molecule has 0 fully saturated rings. The van der Waals surface area contributed by atoms with Gasteiger partial charge < -0.3 is 14.2 Å². The number of benzene rings is 1. The molecule has 0 spiro atoms. The average Bonchev–Trinajstić information content (AvgIpc) is 2.58. The van der Waals surface area contributed by atoms with Crippen molar-refractivity contribution in [1.82, 2.24) is 0 Å². The van der Waals surface area contributed by atoms with Gasteiger partial charge in [0.05, 0.1) is 13.2 Å². The molecule has 1 rings (SSSR count). The zero-order valence-electron chi connectivity index (χ0n) is 13.8. The van der Waals surface area contributed by atoms with Crippen LogP contribution in [0.3, 0.4) is 0 Å². The van der Waals surface area contributed by atoms with Crippen LogP contribution in [0.4, 0.5) is 0 Å². The highest BCUT2D eigenvalue weighted by molar-refractivity contribution is 9.09. The molecule has 0 N–H and O–H groups in total. The fraction of sp³-hybridized carbons (Fsp3) is 0.333. The average molecular weight is 397 g/mol. The Morgan fingerprint density at radius 2 is 1.83 bits per heavy atom. The van der Waals surface area contributed by atoms with E-state index in [1.165, 1.54) is 6.08 Å².